The van der Waals surface area contributed by atoms with Crippen molar-refractivity contribution in [2.45, 2.75) is 46.4 Å². The van der Waals surface area contributed by atoms with Gasteiger partial charge in [-0.2, -0.15) is 13.2 Å². The van der Waals surface area contributed by atoms with Crippen LogP contribution in [0.15, 0.2) is 23.8 Å². The van der Waals surface area contributed by atoms with Crippen molar-refractivity contribution in [1.82, 2.24) is 5.06 Å². The Bertz CT molecular complexity index is 710. The van der Waals surface area contributed by atoms with Crippen molar-refractivity contribution in [3.8, 4) is 5.75 Å². The molecule has 1 unspecified atom stereocenters. The predicted molar refractivity (Wildman–Crippen MR) is 92.4 cm³/mol. The van der Waals surface area contributed by atoms with Gasteiger partial charge in [-0.25, -0.2) is 4.79 Å². The van der Waals surface area contributed by atoms with Crippen LogP contribution in [-0.4, -0.2) is 36.9 Å². The monoisotopic (exact) mass is 371 g/mol. The highest BCUT2D eigenvalue weighted by Gasteiger charge is 2.50. The van der Waals surface area contributed by atoms with Crippen LogP contribution < -0.4 is 4.74 Å². The van der Waals surface area contributed by atoms with Gasteiger partial charge in [0.2, 0.25) is 6.10 Å². The maximum Gasteiger partial charge on any atom is 0.430 e. The molecule has 0 saturated carbocycles. The van der Waals surface area contributed by atoms with Gasteiger partial charge in [-0.05, 0) is 37.0 Å². The lowest BCUT2D eigenvalue weighted by Gasteiger charge is -2.32. The number of ether oxygens (including phenoxy) is 1. The largest absolute Gasteiger partial charge is 0.475 e. The van der Waals surface area contributed by atoms with E-state index in [9.17, 15) is 18.0 Å². The smallest absolute Gasteiger partial charge is 0.430 e. The van der Waals surface area contributed by atoms with Gasteiger partial charge in [0, 0.05) is 19.2 Å². The number of hydroxylamine groups is 2. The van der Waals surface area contributed by atoms with Crippen LogP contribution in [0.3, 0.4) is 0 Å². The molecule has 0 N–H and O–H groups in total. The second-order valence-electron chi connectivity index (χ2n) is 6.87. The average molecular weight is 371 g/mol. The molecule has 0 fully saturated rings. The molecule has 0 aromatic heterocycles. The summed E-state index contributed by atoms with van der Waals surface area (Å²) in [6.45, 7) is 7.79. The highest BCUT2D eigenvalue weighted by molar-refractivity contribution is 6.00. The third-order valence-corrected chi connectivity index (χ3v) is 4.02. The number of halogens is 3. The first-order valence-electron chi connectivity index (χ1n) is 8.55. The summed E-state index contributed by atoms with van der Waals surface area (Å²) in [6.07, 6.45) is -6.81. The Morgan fingerprint density at radius 3 is 2.54 bits per heavy atom. The van der Waals surface area contributed by atoms with Gasteiger partial charge in [-0.3, -0.25) is 0 Å². The highest BCUT2D eigenvalue weighted by Crippen LogP contribution is 2.43. The van der Waals surface area contributed by atoms with E-state index >= 15 is 0 Å². The summed E-state index contributed by atoms with van der Waals surface area (Å²) in [5.41, 5.74) is 1.20. The van der Waals surface area contributed by atoms with Crippen LogP contribution in [0.25, 0.3) is 5.57 Å². The molecule has 0 bridgehead atoms. The number of carbonyl (C=O) groups excluding carboxylic acids is 1. The van der Waals surface area contributed by atoms with Gasteiger partial charge in [-0.15, -0.1) is 5.06 Å². The summed E-state index contributed by atoms with van der Waals surface area (Å²) in [7, 11) is 1.52. The van der Waals surface area contributed by atoms with Gasteiger partial charge < -0.3 is 9.57 Å². The fourth-order valence-corrected chi connectivity index (χ4v) is 3.06. The number of benzene rings is 1. The minimum Gasteiger partial charge on any atom is -0.475 e. The standard InChI is InChI=1S/C19H24F3NO3/c1-6-13-14-9-12(4)7-8-15(14)25-17(19(20,21)22)16(13)18(24)26-23(5)10-11(2)3/h7-9,11,17H,6,10H2,1-5H3. The number of fused-ring (bicyclic) bond motifs is 1. The first kappa shape index (κ1) is 20.3. The molecule has 7 heteroatoms. The third kappa shape index (κ3) is 4.38. The molecule has 0 radical (unpaired) electrons. The van der Waals surface area contributed by atoms with Crippen LogP contribution in [-0.2, 0) is 9.63 Å². The Morgan fingerprint density at radius 1 is 1.35 bits per heavy atom. The number of nitrogens with zero attached hydrogens (tertiary/aromatic N) is 1. The van der Waals surface area contributed by atoms with Crippen molar-refractivity contribution < 1.29 is 27.5 Å². The summed E-state index contributed by atoms with van der Waals surface area (Å²) >= 11 is 0. The van der Waals surface area contributed by atoms with E-state index in [-0.39, 0.29) is 18.1 Å². The topological polar surface area (TPSA) is 38.8 Å². The molecule has 1 atom stereocenters. The van der Waals surface area contributed by atoms with Crippen molar-refractivity contribution in [1.29, 1.82) is 0 Å². The summed E-state index contributed by atoms with van der Waals surface area (Å²) in [5.74, 6) is -0.710. The number of rotatable bonds is 5. The minimum absolute atomic E-state index is 0.127. The quantitative estimate of drug-likeness (QED) is 0.713. The number of allylic oxidation sites excluding steroid dienone is 1. The molecular weight excluding hydrogens is 347 g/mol. The molecule has 1 aromatic rings. The number of hydrogen-bond acceptors (Lipinski definition) is 4. The zero-order valence-corrected chi connectivity index (χ0v) is 15.6. The fraction of sp³-hybridized carbons (Fsp3) is 0.526. The second-order valence-corrected chi connectivity index (χ2v) is 6.87. The normalized spacial score (nSPS) is 17.4. The average Bonchev–Trinajstić information content (AvgIpc) is 2.50. The van der Waals surface area contributed by atoms with E-state index in [2.05, 4.69) is 0 Å². The zero-order chi connectivity index (χ0) is 19.6. The maximum absolute atomic E-state index is 13.6. The van der Waals surface area contributed by atoms with Crippen molar-refractivity contribution in [3.05, 3.63) is 34.9 Å². The SMILES string of the molecule is CCC1=C(C(=O)ON(C)CC(C)C)C(C(F)(F)F)Oc2ccc(C)cc21. The second kappa shape index (κ2) is 7.70. The lowest BCUT2D eigenvalue weighted by molar-refractivity contribution is -0.199. The molecule has 0 saturated heterocycles. The molecule has 1 aliphatic rings. The summed E-state index contributed by atoms with van der Waals surface area (Å²) in [4.78, 5) is 17.8. The molecule has 1 heterocycles. The fourth-order valence-electron chi connectivity index (χ4n) is 3.06. The lowest BCUT2D eigenvalue weighted by atomic mass is 9.90. The van der Waals surface area contributed by atoms with Crippen LogP contribution in [0.2, 0.25) is 0 Å². The molecule has 0 spiro atoms. The van der Waals surface area contributed by atoms with Gasteiger partial charge in [0.25, 0.3) is 0 Å². The first-order chi connectivity index (χ1) is 12.0. The van der Waals surface area contributed by atoms with Crippen molar-refractivity contribution in [3.63, 3.8) is 0 Å². The van der Waals surface area contributed by atoms with E-state index in [1.165, 1.54) is 18.2 Å². The van der Waals surface area contributed by atoms with E-state index in [0.29, 0.717) is 17.7 Å². The zero-order valence-electron chi connectivity index (χ0n) is 15.6. The maximum atomic E-state index is 13.6. The van der Waals surface area contributed by atoms with E-state index < -0.39 is 23.8 Å². The van der Waals surface area contributed by atoms with Gasteiger partial charge >= 0.3 is 12.1 Å². The lowest BCUT2D eigenvalue weighted by Crippen LogP contribution is -2.43. The highest BCUT2D eigenvalue weighted by atomic mass is 19.4. The number of hydrogen-bond donors (Lipinski definition) is 0. The van der Waals surface area contributed by atoms with E-state index in [1.54, 1.807) is 19.1 Å². The summed E-state index contributed by atoms with van der Waals surface area (Å²) < 4.78 is 46.0. The number of carbonyl (C=O) groups is 1. The first-order valence-corrected chi connectivity index (χ1v) is 8.55. The van der Waals surface area contributed by atoms with Crippen LogP contribution >= 0.6 is 0 Å². The Labute approximate surface area is 151 Å². The molecular formula is C19H24F3NO3. The van der Waals surface area contributed by atoms with Gasteiger partial charge in [0.05, 0.1) is 5.57 Å². The Morgan fingerprint density at radius 2 is 2.00 bits per heavy atom. The Hall–Kier alpha value is -2.02. The molecule has 4 nitrogen and oxygen atoms in total. The molecule has 1 aliphatic heterocycles. The van der Waals surface area contributed by atoms with Crippen LogP contribution in [0.4, 0.5) is 13.2 Å². The van der Waals surface area contributed by atoms with E-state index in [1.807, 2.05) is 20.8 Å². The van der Waals surface area contributed by atoms with Crippen molar-refractivity contribution in [2.24, 2.45) is 5.92 Å². The van der Waals surface area contributed by atoms with Gasteiger partial charge in [0.1, 0.15) is 5.75 Å². The minimum atomic E-state index is -4.73. The van der Waals surface area contributed by atoms with Crippen LogP contribution in [0.1, 0.15) is 38.3 Å². The van der Waals surface area contributed by atoms with Crippen molar-refractivity contribution >= 4 is 11.5 Å². The third-order valence-electron chi connectivity index (χ3n) is 4.02. The van der Waals surface area contributed by atoms with Crippen molar-refractivity contribution in [2.75, 3.05) is 13.6 Å². The summed E-state index contributed by atoms with van der Waals surface area (Å²) in [6, 6.07) is 4.91. The van der Waals surface area contributed by atoms with Gasteiger partial charge in [-0.1, -0.05) is 32.4 Å². The molecule has 26 heavy (non-hydrogen) atoms. The number of alkyl halides is 3. The molecule has 0 amide bonds. The predicted octanol–water partition coefficient (Wildman–Crippen LogP) is 4.53. The van der Waals surface area contributed by atoms with Gasteiger partial charge in [0.15, 0.2) is 0 Å². The van der Waals surface area contributed by atoms with Crippen LogP contribution in [0, 0.1) is 12.8 Å². The summed E-state index contributed by atoms with van der Waals surface area (Å²) in [5, 5.41) is 1.26. The van der Waals surface area contributed by atoms with E-state index in [0.717, 1.165) is 5.56 Å². The van der Waals surface area contributed by atoms with E-state index in [4.69, 9.17) is 9.57 Å². The van der Waals surface area contributed by atoms with Crippen LogP contribution in [0.5, 0.6) is 5.75 Å². The molecule has 2 rings (SSSR count). The molecule has 1 aromatic carbocycles. The molecule has 144 valence electrons. The molecule has 0 aliphatic carbocycles. The number of aryl methyl sites for hydroxylation is 1. The Kier molecular flexibility index (Phi) is 6.01. The Balaban J connectivity index is 2.51.